The largest absolute Gasteiger partial charge is 0.400 e. The number of hydrogen-bond acceptors (Lipinski definition) is 9. The molecule has 0 radical (unpaired) electrons. The van der Waals surface area contributed by atoms with Crippen LogP contribution in [0.4, 0.5) is 5.82 Å². The van der Waals surface area contributed by atoms with Crippen molar-refractivity contribution in [1.82, 2.24) is 34.2 Å². The first-order chi connectivity index (χ1) is 21.8. The number of rotatable bonds is 5. The van der Waals surface area contributed by atoms with E-state index in [1.165, 1.54) is 51.4 Å². The third-order valence-electron chi connectivity index (χ3n) is 8.72. The number of Topliss-reactive ketones (excluding diaryl/α,β-unsaturated/α-hetero) is 1. The molecular formula is C33H43N11O. The summed E-state index contributed by atoms with van der Waals surface area (Å²) in [6.45, 7) is 0.615. The molecule has 2 fully saturated rings. The van der Waals surface area contributed by atoms with E-state index in [9.17, 15) is 4.79 Å². The van der Waals surface area contributed by atoms with Crippen LogP contribution in [0.2, 0.25) is 0 Å². The van der Waals surface area contributed by atoms with Crippen molar-refractivity contribution in [2.45, 2.75) is 76.5 Å². The first-order valence-corrected chi connectivity index (χ1v) is 15.8. The van der Waals surface area contributed by atoms with Crippen molar-refractivity contribution >= 4 is 29.0 Å². The van der Waals surface area contributed by atoms with Gasteiger partial charge in [-0.2, -0.15) is 25.1 Å². The molecule has 4 aromatic rings. The van der Waals surface area contributed by atoms with Gasteiger partial charge in [0.2, 0.25) is 0 Å². The Kier molecular flexibility index (Phi) is 10.4. The molecule has 236 valence electrons. The molecule has 0 saturated heterocycles. The number of anilines is 1. The zero-order valence-corrected chi connectivity index (χ0v) is 26.3. The minimum absolute atomic E-state index is 0.116. The van der Waals surface area contributed by atoms with Crippen LogP contribution in [-0.2, 0) is 18.9 Å². The van der Waals surface area contributed by atoms with Crippen LogP contribution in [0.5, 0.6) is 0 Å². The van der Waals surface area contributed by atoms with Gasteiger partial charge in [0.25, 0.3) is 0 Å². The number of aromatic nitrogens is 7. The van der Waals surface area contributed by atoms with E-state index in [-0.39, 0.29) is 18.1 Å². The monoisotopic (exact) mass is 609 g/mol. The van der Waals surface area contributed by atoms with Crippen LogP contribution in [-0.4, -0.2) is 52.7 Å². The first kappa shape index (κ1) is 31.6. The van der Waals surface area contributed by atoms with Crippen LogP contribution in [0.25, 0.3) is 22.3 Å². The van der Waals surface area contributed by atoms with Crippen molar-refractivity contribution in [2.24, 2.45) is 30.7 Å². The molecule has 3 aliphatic rings. The van der Waals surface area contributed by atoms with Crippen LogP contribution in [0.15, 0.2) is 47.7 Å². The lowest BCUT2D eigenvalue weighted by molar-refractivity contribution is -0.122. The summed E-state index contributed by atoms with van der Waals surface area (Å²) in [4.78, 5) is 20.1. The number of aryl methyl sites for hydroxylation is 2. The van der Waals surface area contributed by atoms with Crippen molar-refractivity contribution in [3.63, 3.8) is 0 Å². The summed E-state index contributed by atoms with van der Waals surface area (Å²) in [7, 11) is 3.79. The number of ketones is 1. The van der Waals surface area contributed by atoms with Gasteiger partial charge in [0.05, 0.1) is 37.6 Å². The van der Waals surface area contributed by atoms with Gasteiger partial charge in [-0.1, -0.05) is 38.5 Å². The molecule has 4 aromatic heterocycles. The highest BCUT2D eigenvalue weighted by atomic mass is 16.1. The Balaban J connectivity index is 0.000000147. The second-order valence-electron chi connectivity index (χ2n) is 12.1. The topological polar surface area (TPSA) is 171 Å². The fraction of sp³-hybridized carbons (Fsp3) is 0.485. The van der Waals surface area contributed by atoms with Gasteiger partial charge < -0.3 is 11.5 Å². The van der Waals surface area contributed by atoms with E-state index < -0.39 is 0 Å². The Bertz CT molecular complexity index is 1710. The number of allylic oxidation sites excluding steroid dienone is 1. The molecule has 0 atom stereocenters. The Morgan fingerprint density at radius 1 is 0.911 bits per heavy atom. The maximum Gasteiger partial charge on any atom is 0.165 e. The molecule has 5 heterocycles. The van der Waals surface area contributed by atoms with Crippen LogP contribution in [0.1, 0.15) is 87.8 Å². The summed E-state index contributed by atoms with van der Waals surface area (Å²) in [5.74, 6) is 1.55. The first-order valence-electron chi connectivity index (χ1n) is 15.8. The van der Waals surface area contributed by atoms with Crippen molar-refractivity contribution in [3.05, 3.63) is 54.0 Å². The van der Waals surface area contributed by atoms with Crippen molar-refractivity contribution in [1.29, 1.82) is 5.26 Å². The number of hydrogen-bond donors (Lipinski definition) is 2. The molecule has 45 heavy (non-hydrogen) atoms. The highest BCUT2D eigenvalue weighted by Gasteiger charge is 2.21. The zero-order chi connectivity index (χ0) is 31.8. The predicted molar refractivity (Wildman–Crippen MR) is 175 cm³/mol. The molecule has 2 aliphatic carbocycles. The Morgan fingerprint density at radius 2 is 1.56 bits per heavy atom. The summed E-state index contributed by atoms with van der Waals surface area (Å²) in [6.07, 6.45) is 23.2. The molecule has 4 N–H and O–H groups in total. The fourth-order valence-electron chi connectivity index (χ4n) is 6.25. The molecule has 1 aliphatic heterocycles. The number of aliphatic imine (C=N–C) groups is 1. The van der Waals surface area contributed by atoms with E-state index in [1.54, 1.807) is 26.3 Å². The summed E-state index contributed by atoms with van der Waals surface area (Å²) in [5.41, 5.74) is 18.7. The second kappa shape index (κ2) is 14.8. The van der Waals surface area contributed by atoms with E-state index in [1.807, 2.05) is 51.0 Å². The number of carbonyl (C=O) groups excluding carboxylic acids is 1. The fourth-order valence-corrected chi connectivity index (χ4v) is 6.25. The van der Waals surface area contributed by atoms with Crippen LogP contribution in [0.3, 0.4) is 0 Å². The SMILES string of the molecule is Cn1cc(-c2cnn3c(N)cc(C4CCCCC4)nc23)cn1.Cn1cc(C2=C(N)CN=C2)cn1.N#CCC(=O)C1CCCCC1. The lowest BCUT2D eigenvalue weighted by Gasteiger charge is -2.21. The lowest BCUT2D eigenvalue weighted by atomic mass is 9.85. The van der Waals surface area contributed by atoms with E-state index >= 15 is 0 Å². The molecule has 2 saturated carbocycles. The molecule has 12 heteroatoms. The third-order valence-corrected chi connectivity index (χ3v) is 8.72. The Hall–Kier alpha value is -4.79. The summed E-state index contributed by atoms with van der Waals surface area (Å²) < 4.78 is 5.25. The normalized spacial score (nSPS) is 17.0. The van der Waals surface area contributed by atoms with E-state index in [4.69, 9.17) is 21.7 Å². The number of nitriles is 1. The molecule has 0 aromatic carbocycles. The van der Waals surface area contributed by atoms with Crippen LogP contribution >= 0.6 is 0 Å². The minimum Gasteiger partial charge on any atom is -0.400 e. The summed E-state index contributed by atoms with van der Waals surface area (Å²) >= 11 is 0. The van der Waals surface area contributed by atoms with Gasteiger partial charge >= 0.3 is 0 Å². The molecule has 7 rings (SSSR count). The maximum absolute atomic E-state index is 11.2. The molecular weight excluding hydrogens is 566 g/mol. The molecule has 0 spiro atoms. The highest BCUT2D eigenvalue weighted by molar-refractivity contribution is 6.12. The number of nitrogens with zero attached hydrogens (tertiary/aromatic N) is 9. The Morgan fingerprint density at radius 3 is 2.13 bits per heavy atom. The lowest BCUT2D eigenvalue weighted by Crippen LogP contribution is -2.16. The van der Waals surface area contributed by atoms with Gasteiger partial charge in [0, 0.05) is 84.3 Å². The van der Waals surface area contributed by atoms with E-state index in [2.05, 4.69) is 20.3 Å². The standard InChI is InChI=1S/C16H20N6.C9H13NO.C8H10N4/c1-21-10-12(8-18-21)13-9-19-22-15(17)7-14(20-16(13)22)11-5-3-2-4-6-11;10-7-6-9(11)8-4-2-1-3-5-8;1-12-5-6(2-11-12)7-3-10-4-8(7)9/h7-11H,2-6,17H2,1H3;8H,1-6H2;2-3,5H,4,9H2,1H3. The molecule has 0 amide bonds. The number of nitrogens with two attached hydrogens (primary N) is 2. The molecule has 12 nitrogen and oxygen atoms in total. The van der Waals surface area contributed by atoms with Crippen molar-refractivity contribution in [2.75, 3.05) is 12.3 Å². The number of carbonyl (C=O) groups is 1. The summed E-state index contributed by atoms with van der Waals surface area (Å²) in [5, 5.41) is 21.0. The Labute approximate surface area is 263 Å². The second-order valence-corrected chi connectivity index (χ2v) is 12.1. The van der Waals surface area contributed by atoms with E-state index in [0.717, 1.165) is 52.1 Å². The quantitative estimate of drug-likeness (QED) is 0.319. The molecule has 0 unspecified atom stereocenters. The average molecular weight is 610 g/mol. The van der Waals surface area contributed by atoms with Crippen LogP contribution in [0, 0.1) is 17.2 Å². The molecule has 0 bridgehead atoms. The smallest absolute Gasteiger partial charge is 0.165 e. The van der Waals surface area contributed by atoms with Crippen LogP contribution < -0.4 is 11.5 Å². The maximum atomic E-state index is 11.2. The minimum atomic E-state index is 0.116. The third kappa shape index (κ3) is 7.84. The van der Waals surface area contributed by atoms with Crippen molar-refractivity contribution < 1.29 is 4.79 Å². The van der Waals surface area contributed by atoms with Gasteiger partial charge in [0.1, 0.15) is 11.6 Å². The van der Waals surface area contributed by atoms with Gasteiger partial charge in [-0.05, 0) is 25.7 Å². The van der Waals surface area contributed by atoms with Gasteiger partial charge in [-0.3, -0.25) is 19.2 Å². The average Bonchev–Trinajstić information content (AvgIpc) is 3.87. The van der Waals surface area contributed by atoms with E-state index in [0.29, 0.717) is 18.3 Å². The van der Waals surface area contributed by atoms with Gasteiger partial charge in [0.15, 0.2) is 5.65 Å². The van der Waals surface area contributed by atoms with Gasteiger partial charge in [-0.25, -0.2) is 4.98 Å². The number of nitrogen functional groups attached to an aromatic ring is 1. The van der Waals surface area contributed by atoms with Gasteiger partial charge in [-0.15, -0.1) is 0 Å². The van der Waals surface area contributed by atoms with Crippen molar-refractivity contribution in [3.8, 4) is 17.2 Å². The predicted octanol–water partition coefficient (Wildman–Crippen LogP) is 4.98. The summed E-state index contributed by atoms with van der Waals surface area (Å²) in [6, 6.07) is 3.90. The zero-order valence-electron chi connectivity index (χ0n) is 26.3. The number of fused-ring (bicyclic) bond motifs is 1. The highest BCUT2D eigenvalue weighted by Crippen LogP contribution is 2.34.